The molecular formula is C9H12ClNO2S. The molecular weight excluding hydrogens is 222 g/mol. The van der Waals surface area contributed by atoms with Gasteiger partial charge in [-0.2, -0.15) is 0 Å². The second-order valence-corrected chi connectivity index (χ2v) is 5.32. The van der Waals surface area contributed by atoms with Crippen LogP contribution in [0.4, 0.5) is 0 Å². The Labute approximate surface area is 89.1 Å². The molecule has 0 saturated heterocycles. The molecule has 0 bridgehead atoms. The van der Waals surface area contributed by atoms with Gasteiger partial charge in [-0.15, -0.1) is 0 Å². The van der Waals surface area contributed by atoms with E-state index in [-0.39, 0.29) is 6.04 Å². The topological polar surface area (TPSA) is 46.2 Å². The molecule has 1 aromatic rings. The van der Waals surface area contributed by atoms with Crippen LogP contribution in [0.1, 0.15) is 18.5 Å². The molecule has 0 fully saturated rings. The van der Waals surface area contributed by atoms with Crippen LogP contribution in [-0.4, -0.2) is 14.7 Å². The van der Waals surface area contributed by atoms with Crippen molar-refractivity contribution in [2.45, 2.75) is 13.0 Å². The largest absolute Gasteiger partial charge is 0.213 e. The minimum atomic E-state index is -3.20. The summed E-state index contributed by atoms with van der Waals surface area (Å²) >= 11 is 5.91. The summed E-state index contributed by atoms with van der Waals surface area (Å²) in [5.41, 5.74) is 0.777. The lowest BCUT2D eigenvalue weighted by Gasteiger charge is -2.13. The molecule has 14 heavy (non-hydrogen) atoms. The van der Waals surface area contributed by atoms with E-state index < -0.39 is 10.0 Å². The van der Waals surface area contributed by atoms with Crippen molar-refractivity contribution in [1.82, 2.24) is 4.72 Å². The number of sulfonamides is 1. The molecule has 0 saturated carbocycles. The van der Waals surface area contributed by atoms with Crippen molar-refractivity contribution in [2.24, 2.45) is 0 Å². The average Bonchev–Trinajstić information content (AvgIpc) is 2.01. The highest BCUT2D eigenvalue weighted by Gasteiger charge is 2.12. The Bertz CT molecular complexity index is 417. The molecule has 0 unspecified atom stereocenters. The molecule has 5 heteroatoms. The van der Waals surface area contributed by atoms with Crippen molar-refractivity contribution in [3.05, 3.63) is 34.9 Å². The summed E-state index contributed by atoms with van der Waals surface area (Å²) in [4.78, 5) is 0. The standard InChI is InChI=1S/C9H12ClNO2S/c1-7(11-14(2,12)13)8-5-3-4-6-9(8)10/h3-7,11H,1-2H3/t7-/m0/s1. The van der Waals surface area contributed by atoms with Gasteiger partial charge in [0.15, 0.2) is 0 Å². The van der Waals surface area contributed by atoms with Gasteiger partial charge >= 0.3 is 0 Å². The quantitative estimate of drug-likeness (QED) is 0.868. The van der Waals surface area contributed by atoms with Gasteiger partial charge in [-0.05, 0) is 18.6 Å². The van der Waals surface area contributed by atoms with E-state index in [1.54, 1.807) is 25.1 Å². The molecule has 0 heterocycles. The van der Waals surface area contributed by atoms with E-state index in [9.17, 15) is 8.42 Å². The lowest BCUT2D eigenvalue weighted by Crippen LogP contribution is -2.25. The van der Waals surface area contributed by atoms with Gasteiger partial charge in [-0.3, -0.25) is 0 Å². The molecule has 1 N–H and O–H groups in total. The average molecular weight is 234 g/mol. The molecule has 1 aromatic carbocycles. The predicted octanol–water partition coefficient (Wildman–Crippen LogP) is 1.95. The van der Waals surface area contributed by atoms with Gasteiger partial charge in [0.1, 0.15) is 0 Å². The molecule has 0 radical (unpaired) electrons. The van der Waals surface area contributed by atoms with Crippen LogP contribution in [0.15, 0.2) is 24.3 Å². The van der Waals surface area contributed by atoms with E-state index in [0.29, 0.717) is 5.02 Å². The first-order chi connectivity index (χ1) is 6.40. The van der Waals surface area contributed by atoms with Gasteiger partial charge < -0.3 is 0 Å². The highest BCUT2D eigenvalue weighted by molar-refractivity contribution is 7.88. The van der Waals surface area contributed by atoms with Gasteiger partial charge in [-0.1, -0.05) is 29.8 Å². The fourth-order valence-electron chi connectivity index (χ4n) is 1.21. The van der Waals surface area contributed by atoms with Gasteiger partial charge in [0.25, 0.3) is 0 Å². The Morgan fingerprint density at radius 3 is 2.43 bits per heavy atom. The van der Waals surface area contributed by atoms with E-state index in [4.69, 9.17) is 11.6 Å². The second-order valence-electron chi connectivity index (χ2n) is 3.13. The summed E-state index contributed by atoms with van der Waals surface area (Å²) in [5, 5.41) is 0.566. The minimum absolute atomic E-state index is 0.307. The molecule has 0 aliphatic rings. The molecule has 3 nitrogen and oxygen atoms in total. The predicted molar refractivity (Wildman–Crippen MR) is 57.8 cm³/mol. The summed E-state index contributed by atoms with van der Waals surface area (Å²) in [6.45, 7) is 1.75. The zero-order valence-corrected chi connectivity index (χ0v) is 9.56. The monoisotopic (exact) mass is 233 g/mol. The minimum Gasteiger partial charge on any atom is -0.213 e. The molecule has 78 valence electrons. The van der Waals surface area contributed by atoms with E-state index in [2.05, 4.69) is 4.72 Å². The number of nitrogens with one attached hydrogen (secondary N) is 1. The number of hydrogen-bond acceptors (Lipinski definition) is 2. The smallest absolute Gasteiger partial charge is 0.209 e. The summed E-state index contributed by atoms with van der Waals surface area (Å²) in [7, 11) is -3.20. The van der Waals surface area contributed by atoms with Crippen LogP contribution >= 0.6 is 11.6 Å². The molecule has 1 atom stereocenters. The first-order valence-electron chi connectivity index (χ1n) is 4.12. The summed E-state index contributed by atoms with van der Waals surface area (Å²) < 4.78 is 24.4. The van der Waals surface area contributed by atoms with E-state index in [1.165, 1.54) is 0 Å². The molecule has 1 rings (SSSR count). The van der Waals surface area contributed by atoms with Gasteiger partial charge in [0.05, 0.1) is 6.26 Å². The highest BCUT2D eigenvalue weighted by Crippen LogP contribution is 2.22. The van der Waals surface area contributed by atoms with E-state index in [1.807, 2.05) is 6.07 Å². The van der Waals surface area contributed by atoms with Crippen LogP contribution in [0.25, 0.3) is 0 Å². The van der Waals surface area contributed by atoms with Crippen LogP contribution in [0, 0.1) is 0 Å². The second kappa shape index (κ2) is 4.29. The van der Waals surface area contributed by atoms with Crippen LogP contribution in [0.2, 0.25) is 5.02 Å². The first kappa shape index (κ1) is 11.5. The maximum atomic E-state index is 11.0. The van der Waals surface area contributed by atoms with Gasteiger partial charge in [0, 0.05) is 11.1 Å². The fourth-order valence-corrected chi connectivity index (χ4v) is 2.28. The highest BCUT2D eigenvalue weighted by atomic mass is 35.5. The first-order valence-corrected chi connectivity index (χ1v) is 6.39. The van der Waals surface area contributed by atoms with Crippen LogP contribution in [0.3, 0.4) is 0 Å². The van der Waals surface area contributed by atoms with Crippen LogP contribution in [-0.2, 0) is 10.0 Å². The number of benzene rings is 1. The molecule has 0 aliphatic carbocycles. The number of rotatable bonds is 3. The number of halogens is 1. The van der Waals surface area contributed by atoms with Crippen molar-refractivity contribution < 1.29 is 8.42 Å². The Kier molecular flexibility index (Phi) is 3.53. The van der Waals surface area contributed by atoms with Gasteiger partial charge in [-0.25, -0.2) is 13.1 Å². The summed E-state index contributed by atoms with van der Waals surface area (Å²) in [6, 6.07) is 6.85. The summed E-state index contributed by atoms with van der Waals surface area (Å²) in [5.74, 6) is 0. The van der Waals surface area contributed by atoms with Crippen molar-refractivity contribution in [3.8, 4) is 0 Å². The maximum Gasteiger partial charge on any atom is 0.209 e. The lowest BCUT2D eigenvalue weighted by molar-refractivity contribution is 0.573. The Morgan fingerprint density at radius 1 is 1.36 bits per heavy atom. The van der Waals surface area contributed by atoms with Crippen molar-refractivity contribution in [1.29, 1.82) is 0 Å². The zero-order chi connectivity index (χ0) is 10.8. The zero-order valence-electron chi connectivity index (χ0n) is 7.99. The van der Waals surface area contributed by atoms with Gasteiger partial charge in [0.2, 0.25) is 10.0 Å². The third-order valence-electron chi connectivity index (χ3n) is 1.76. The van der Waals surface area contributed by atoms with Crippen molar-refractivity contribution >= 4 is 21.6 Å². The van der Waals surface area contributed by atoms with E-state index >= 15 is 0 Å². The Morgan fingerprint density at radius 2 is 1.93 bits per heavy atom. The lowest BCUT2D eigenvalue weighted by atomic mass is 10.1. The molecule has 0 aromatic heterocycles. The third-order valence-corrected chi connectivity index (χ3v) is 2.89. The Balaban J connectivity index is 2.90. The summed E-state index contributed by atoms with van der Waals surface area (Å²) in [6.07, 6.45) is 1.13. The normalized spacial score (nSPS) is 13.9. The molecule has 0 aliphatic heterocycles. The van der Waals surface area contributed by atoms with Crippen LogP contribution < -0.4 is 4.72 Å². The Hall–Kier alpha value is -0.580. The van der Waals surface area contributed by atoms with Crippen molar-refractivity contribution in [2.75, 3.05) is 6.26 Å². The SMILES string of the molecule is C[C@H](NS(C)(=O)=O)c1ccccc1Cl. The van der Waals surface area contributed by atoms with E-state index in [0.717, 1.165) is 11.8 Å². The molecule has 0 spiro atoms. The van der Waals surface area contributed by atoms with Crippen LogP contribution in [0.5, 0.6) is 0 Å². The number of hydrogen-bond donors (Lipinski definition) is 1. The fraction of sp³-hybridized carbons (Fsp3) is 0.333. The maximum absolute atomic E-state index is 11.0. The third kappa shape index (κ3) is 3.29. The molecule has 0 amide bonds. The van der Waals surface area contributed by atoms with Crippen molar-refractivity contribution in [3.63, 3.8) is 0 Å².